The minimum Gasteiger partial charge on any atom is -0.491 e. The molecule has 20 heavy (non-hydrogen) atoms. The number of benzene rings is 1. The summed E-state index contributed by atoms with van der Waals surface area (Å²) in [5.41, 5.74) is 2.06. The molecular formula is C16H21ClO3. The molecule has 0 aliphatic carbocycles. The van der Waals surface area contributed by atoms with Crippen LogP contribution in [0.5, 0.6) is 5.75 Å². The quantitative estimate of drug-likeness (QED) is 0.419. The number of alkyl halides is 1. The zero-order chi connectivity index (χ0) is 14.6. The van der Waals surface area contributed by atoms with Gasteiger partial charge >= 0.3 is 0 Å². The van der Waals surface area contributed by atoms with Crippen molar-refractivity contribution in [2.45, 2.75) is 13.3 Å². The number of methoxy groups -OCH3 is 1. The zero-order valence-electron chi connectivity index (χ0n) is 12.1. The van der Waals surface area contributed by atoms with Crippen LogP contribution in [-0.4, -0.2) is 39.4 Å². The summed E-state index contributed by atoms with van der Waals surface area (Å²) in [7, 11) is 1.69. The summed E-state index contributed by atoms with van der Waals surface area (Å²) in [6.07, 6.45) is 0.906. The second-order valence-corrected chi connectivity index (χ2v) is 4.49. The Morgan fingerprint density at radius 2 is 2.00 bits per heavy atom. The van der Waals surface area contributed by atoms with Gasteiger partial charge in [-0.2, -0.15) is 0 Å². The van der Waals surface area contributed by atoms with E-state index in [4.69, 9.17) is 25.8 Å². The van der Waals surface area contributed by atoms with Crippen molar-refractivity contribution in [3.05, 3.63) is 29.3 Å². The lowest BCUT2D eigenvalue weighted by molar-refractivity contribution is 0.0806. The minimum atomic E-state index is 0.345. The highest BCUT2D eigenvalue weighted by Gasteiger charge is 1.99. The molecule has 0 spiro atoms. The first kappa shape index (κ1) is 16.8. The molecule has 0 saturated carbocycles. The topological polar surface area (TPSA) is 27.7 Å². The van der Waals surface area contributed by atoms with Gasteiger partial charge in [-0.1, -0.05) is 11.8 Å². The van der Waals surface area contributed by atoms with Gasteiger partial charge in [0.15, 0.2) is 0 Å². The van der Waals surface area contributed by atoms with Crippen LogP contribution in [-0.2, 0) is 9.47 Å². The molecule has 0 fully saturated rings. The molecule has 110 valence electrons. The Labute approximate surface area is 126 Å². The van der Waals surface area contributed by atoms with Crippen LogP contribution >= 0.6 is 11.6 Å². The Kier molecular flexibility index (Phi) is 8.90. The summed E-state index contributed by atoms with van der Waals surface area (Å²) >= 11 is 5.54. The summed E-state index contributed by atoms with van der Waals surface area (Å²) in [4.78, 5) is 0. The molecule has 0 aromatic heterocycles. The molecule has 3 nitrogen and oxygen atoms in total. The van der Waals surface area contributed by atoms with Crippen molar-refractivity contribution in [1.29, 1.82) is 0 Å². The highest BCUT2D eigenvalue weighted by atomic mass is 35.5. The monoisotopic (exact) mass is 296 g/mol. The van der Waals surface area contributed by atoms with E-state index >= 15 is 0 Å². The van der Waals surface area contributed by atoms with Crippen molar-refractivity contribution >= 4 is 11.6 Å². The van der Waals surface area contributed by atoms with E-state index in [1.807, 2.05) is 25.1 Å². The fourth-order valence-electron chi connectivity index (χ4n) is 1.62. The lowest BCUT2D eigenvalue weighted by Gasteiger charge is -2.08. The Balaban J connectivity index is 2.29. The van der Waals surface area contributed by atoms with Crippen molar-refractivity contribution in [3.63, 3.8) is 0 Å². The molecule has 0 aliphatic heterocycles. The smallest absolute Gasteiger partial charge is 0.119 e. The van der Waals surface area contributed by atoms with Crippen LogP contribution in [0.15, 0.2) is 18.2 Å². The second-order valence-electron chi connectivity index (χ2n) is 4.22. The normalized spacial score (nSPS) is 9.95. The van der Waals surface area contributed by atoms with E-state index in [1.165, 1.54) is 0 Å². The van der Waals surface area contributed by atoms with Crippen LogP contribution in [0.2, 0.25) is 0 Å². The molecule has 0 heterocycles. The SMILES string of the molecule is COCCCOCCOc1ccc(C#CCCl)c(C)c1. The molecule has 1 aromatic rings. The summed E-state index contributed by atoms with van der Waals surface area (Å²) < 4.78 is 16.0. The molecule has 0 atom stereocenters. The Morgan fingerprint density at radius 3 is 2.70 bits per heavy atom. The number of halogens is 1. The summed E-state index contributed by atoms with van der Waals surface area (Å²) in [6.45, 7) is 4.55. The van der Waals surface area contributed by atoms with Crippen molar-refractivity contribution in [2.24, 2.45) is 0 Å². The van der Waals surface area contributed by atoms with Crippen molar-refractivity contribution in [2.75, 3.05) is 39.4 Å². The Hall–Kier alpha value is -1.21. The predicted octanol–water partition coefficient (Wildman–Crippen LogP) is 3.02. The number of hydrogen-bond acceptors (Lipinski definition) is 3. The van der Waals surface area contributed by atoms with Gasteiger partial charge in [-0.05, 0) is 37.1 Å². The molecule has 0 saturated heterocycles. The molecule has 0 radical (unpaired) electrons. The fraction of sp³-hybridized carbons (Fsp3) is 0.500. The molecular weight excluding hydrogens is 276 g/mol. The Bertz CT molecular complexity index is 449. The fourth-order valence-corrected chi connectivity index (χ4v) is 1.69. The molecule has 0 amide bonds. The number of rotatable bonds is 8. The largest absolute Gasteiger partial charge is 0.491 e. The van der Waals surface area contributed by atoms with Crippen LogP contribution in [0.1, 0.15) is 17.5 Å². The van der Waals surface area contributed by atoms with Crippen LogP contribution < -0.4 is 4.74 Å². The van der Waals surface area contributed by atoms with Gasteiger partial charge < -0.3 is 14.2 Å². The highest BCUT2D eigenvalue weighted by Crippen LogP contribution is 2.16. The molecule has 0 bridgehead atoms. The standard InChI is InChI=1S/C16H21ClO3/c1-14-13-16(7-6-15(14)5-3-8-17)20-12-11-19-10-4-9-18-2/h6-7,13H,4,8-12H2,1-2H3. The number of ether oxygens (including phenoxy) is 3. The van der Waals surface area contributed by atoms with E-state index in [1.54, 1.807) is 7.11 Å². The minimum absolute atomic E-state index is 0.345. The van der Waals surface area contributed by atoms with E-state index in [0.717, 1.165) is 29.9 Å². The first-order valence-electron chi connectivity index (χ1n) is 6.63. The van der Waals surface area contributed by atoms with Crippen molar-refractivity contribution in [1.82, 2.24) is 0 Å². The van der Waals surface area contributed by atoms with Crippen molar-refractivity contribution in [3.8, 4) is 17.6 Å². The summed E-state index contributed by atoms with van der Waals surface area (Å²) in [5, 5.41) is 0. The van der Waals surface area contributed by atoms with Crippen LogP contribution in [0.4, 0.5) is 0 Å². The van der Waals surface area contributed by atoms with Gasteiger partial charge in [-0.25, -0.2) is 0 Å². The number of hydrogen-bond donors (Lipinski definition) is 0. The van der Waals surface area contributed by atoms with E-state index in [0.29, 0.717) is 25.7 Å². The van der Waals surface area contributed by atoms with Gasteiger partial charge in [0.05, 0.1) is 12.5 Å². The second kappa shape index (κ2) is 10.6. The third kappa shape index (κ3) is 6.81. The van der Waals surface area contributed by atoms with Gasteiger partial charge in [-0.15, -0.1) is 11.6 Å². The molecule has 1 rings (SSSR count). The summed E-state index contributed by atoms with van der Waals surface area (Å²) in [6, 6.07) is 5.84. The first-order chi connectivity index (χ1) is 9.77. The maximum absolute atomic E-state index is 5.62. The first-order valence-corrected chi connectivity index (χ1v) is 7.16. The van der Waals surface area contributed by atoms with Crippen LogP contribution in [0.3, 0.4) is 0 Å². The molecule has 0 N–H and O–H groups in total. The molecule has 0 aliphatic rings. The van der Waals surface area contributed by atoms with E-state index in [2.05, 4.69) is 11.8 Å². The molecule has 1 aromatic carbocycles. The van der Waals surface area contributed by atoms with E-state index in [9.17, 15) is 0 Å². The average molecular weight is 297 g/mol. The molecule has 0 unspecified atom stereocenters. The van der Waals surface area contributed by atoms with Crippen LogP contribution in [0.25, 0.3) is 0 Å². The van der Waals surface area contributed by atoms with Gasteiger partial charge in [-0.3, -0.25) is 0 Å². The van der Waals surface area contributed by atoms with E-state index in [-0.39, 0.29) is 0 Å². The third-order valence-corrected chi connectivity index (χ3v) is 2.75. The average Bonchev–Trinajstić information content (AvgIpc) is 2.45. The predicted molar refractivity (Wildman–Crippen MR) is 81.6 cm³/mol. The molecule has 4 heteroatoms. The zero-order valence-corrected chi connectivity index (χ0v) is 12.8. The summed E-state index contributed by atoms with van der Waals surface area (Å²) in [5.74, 6) is 7.04. The van der Waals surface area contributed by atoms with Gasteiger partial charge in [0.25, 0.3) is 0 Å². The van der Waals surface area contributed by atoms with Gasteiger partial charge in [0.1, 0.15) is 12.4 Å². The van der Waals surface area contributed by atoms with Gasteiger partial charge in [0, 0.05) is 25.9 Å². The third-order valence-electron chi connectivity index (χ3n) is 2.62. The highest BCUT2D eigenvalue weighted by molar-refractivity contribution is 6.19. The Morgan fingerprint density at radius 1 is 1.15 bits per heavy atom. The van der Waals surface area contributed by atoms with E-state index < -0.39 is 0 Å². The maximum Gasteiger partial charge on any atom is 0.119 e. The lowest BCUT2D eigenvalue weighted by atomic mass is 10.1. The maximum atomic E-state index is 5.62. The van der Waals surface area contributed by atoms with Gasteiger partial charge in [0.2, 0.25) is 0 Å². The lowest BCUT2D eigenvalue weighted by Crippen LogP contribution is -2.08. The van der Waals surface area contributed by atoms with Crippen molar-refractivity contribution < 1.29 is 14.2 Å². The van der Waals surface area contributed by atoms with Crippen LogP contribution in [0, 0.1) is 18.8 Å². The number of aryl methyl sites for hydroxylation is 1.